The van der Waals surface area contributed by atoms with E-state index in [0.29, 0.717) is 16.8 Å². The highest BCUT2D eigenvalue weighted by molar-refractivity contribution is 6.09. The Kier molecular flexibility index (Phi) is 5.03. The molecule has 0 fully saturated rings. The lowest BCUT2D eigenvalue weighted by Gasteiger charge is -2.06. The fourth-order valence-corrected chi connectivity index (χ4v) is 2.67. The number of pyridine rings is 1. The number of hydrogen-bond acceptors (Lipinski definition) is 4. The van der Waals surface area contributed by atoms with Crippen molar-refractivity contribution in [1.82, 2.24) is 14.7 Å². The highest BCUT2D eigenvalue weighted by Gasteiger charge is 2.21. The molecule has 2 heterocycles. The summed E-state index contributed by atoms with van der Waals surface area (Å²) < 4.78 is 1.59. The lowest BCUT2D eigenvalue weighted by molar-refractivity contribution is 0.0931. The van der Waals surface area contributed by atoms with E-state index in [1.807, 2.05) is 13.8 Å². The largest absolute Gasteiger partial charge is 0.347 e. The molecule has 0 aliphatic heterocycles. The quantitative estimate of drug-likeness (QED) is 0.681. The Morgan fingerprint density at radius 3 is 2.33 bits per heavy atom. The van der Waals surface area contributed by atoms with Crippen molar-refractivity contribution >= 4 is 28.8 Å². The van der Waals surface area contributed by atoms with Crippen molar-refractivity contribution < 1.29 is 14.4 Å². The smallest absolute Gasteiger partial charge is 0.287 e. The third-order valence-corrected chi connectivity index (χ3v) is 3.94. The van der Waals surface area contributed by atoms with E-state index in [2.05, 4.69) is 15.6 Å². The molecule has 7 heteroatoms. The van der Waals surface area contributed by atoms with Crippen molar-refractivity contribution in [1.29, 1.82) is 0 Å². The highest BCUT2D eigenvalue weighted by Crippen LogP contribution is 2.17. The van der Waals surface area contributed by atoms with E-state index in [0.717, 1.165) is 0 Å². The van der Waals surface area contributed by atoms with Crippen LogP contribution in [-0.2, 0) is 0 Å². The summed E-state index contributed by atoms with van der Waals surface area (Å²) in [7, 11) is 0. The Morgan fingerprint density at radius 2 is 1.70 bits per heavy atom. The number of nitrogens with one attached hydrogen (secondary N) is 2. The number of nitrogens with zero attached hydrogens (tertiary/aromatic N) is 2. The van der Waals surface area contributed by atoms with Crippen LogP contribution in [0, 0.1) is 0 Å². The molecular formula is C20H20N4O3. The van der Waals surface area contributed by atoms with Crippen molar-refractivity contribution in [2.45, 2.75) is 26.8 Å². The van der Waals surface area contributed by atoms with Gasteiger partial charge in [-0.1, -0.05) is 6.07 Å². The van der Waals surface area contributed by atoms with Gasteiger partial charge in [-0.25, -0.2) is 4.98 Å². The fraction of sp³-hybridized carbons (Fsp3) is 0.200. The summed E-state index contributed by atoms with van der Waals surface area (Å²) >= 11 is 0. The molecule has 3 aromatic rings. The van der Waals surface area contributed by atoms with Gasteiger partial charge in [-0.05, 0) is 57.2 Å². The number of Topliss-reactive ketones (excluding diaryl/α,β-unsaturated/α-hetero) is 1. The first-order valence-electron chi connectivity index (χ1n) is 8.57. The average Bonchev–Trinajstić information content (AvgIpc) is 3.01. The summed E-state index contributed by atoms with van der Waals surface area (Å²) in [6, 6.07) is 11.8. The van der Waals surface area contributed by atoms with Gasteiger partial charge in [-0.3, -0.25) is 18.8 Å². The Hall–Kier alpha value is -3.48. The summed E-state index contributed by atoms with van der Waals surface area (Å²) in [5, 5.41) is 5.54. The highest BCUT2D eigenvalue weighted by atomic mass is 16.2. The molecule has 138 valence electrons. The summed E-state index contributed by atoms with van der Waals surface area (Å²) in [6.45, 7) is 5.19. The number of benzene rings is 1. The third kappa shape index (κ3) is 3.87. The minimum Gasteiger partial charge on any atom is -0.347 e. The minimum absolute atomic E-state index is 0.0474. The van der Waals surface area contributed by atoms with Crippen LogP contribution in [0.1, 0.15) is 52.2 Å². The van der Waals surface area contributed by atoms with Crippen LogP contribution >= 0.6 is 0 Å². The van der Waals surface area contributed by atoms with Crippen LogP contribution in [0.4, 0.5) is 5.69 Å². The number of amides is 2. The van der Waals surface area contributed by atoms with Crippen molar-refractivity contribution in [2.75, 3.05) is 5.32 Å². The maximum Gasteiger partial charge on any atom is 0.287 e. The third-order valence-electron chi connectivity index (χ3n) is 3.94. The molecule has 1 aromatic carbocycles. The maximum atomic E-state index is 12.7. The van der Waals surface area contributed by atoms with E-state index in [1.165, 1.54) is 6.92 Å². The van der Waals surface area contributed by atoms with E-state index in [4.69, 9.17) is 0 Å². The SMILES string of the molecule is CC(=O)c1ccc(NC(=O)c2nc(C(=O)NC(C)C)n3ccccc23)cc1. The van der Waals surface area contributed by atoms with Gasteiger partial charge >= 0.3 is 0 Å². The van der Waals surface area contributed by atoms with Crippen LogP contribution < -0.4 is 10.6 Å². The molecule has 2 amide bonds. The van der Waals surface area contributed by atoms with Gasteiger partial charge in [0.1, 0.15) is 0 Å². The lowest BCUT2D eigenvalue weighted by Crippen LogP contribution is -2.31. The molecule has 7 nitrogen and oxygen atoms in total. The Morgan fingerprint density at radius 1 is 1.00 bits per heavy atom. The number of aromatic nitrogens is 2. The number of carbonyl (C=O) groups excluding carboxylic acids is 3. The van der Waals surface area contributed by atoms with Crippen LogP contribution in [0.25, 0.3) is 5.52 Å². The van der Waals surface area contributed by atoms with Gasteiger partial charge in [0.25, 0.3) is 11.8 Å². The number of fused-ring (bicyclic) bond motifs is 1. The van der Waals surface area contributed by atoms with Crippen LogP contribution in [0.15, 0.2) is 48.7 Å². The topological polar surface area (TPSA) is 92.6 Å². The summed E-state index contributed by atoms with van der Waals surface area (Å²) in [5.41, 5.74) is 1.78. The van der Waals surface area contributed by atoms with E-state index >= 15 is 0 Å². The Balaban J connectivity index is 1.92. The molecule has 0 saturated carbocycles. The van der Waals surface area contributed by atoms with Crippen LogP contribution in [-0.4, -0.2) is 33.0 Å². The van der Waals surface area contributed by atoms with Gasteiger partial charge in [0, 0.05) is 23.5 Å². The number of imidazole rings is 1. The van der Waals surface area contributed by atoms with Gasteiger partial charge in [0.2, 0.25) is 5.82 Å². The predicted molar refractivity (Wildman–Crippen MR) is 102 cm³/mol. The molecular weight excluding hydrogens is 344 g/mol. The zero-order valence-corrected chi connectivity index (χ0v) is 15.3. The monoisotopic (exact) mass is 364 g/mol. The zero-order valence-electron chi connectivity index (χ0n) is 15.3. The first-order chi connectivity index (χ1) is 12.9. The minimum atomic E-state index is -0.433. The second kappa shape index (κ2) is 7.41. The van der Waals surface area contributed by atoms with Gasteiger partial charge < -0.3 is 10.6 Å². The summed E-state index contributed by atoms with van der Waals surface area (Å²) in [6.07, 6.45) is 1.69. The average molecular weight is 364 g/mol. The fourth-order valence-electron chi connectivity index (χ4n) is 2.67. The van der Waals surface area contributed by atoms with Crippen molar-refractivity contribution in [2.24, 2.45) is 0 Å². The van der Waals surface area contributed by atoms with Crippen LogP contribution in [0.2, 0.25) is 0 Å². The van der Waals surface area contributed by atoms with Gasteiger partial charge in [0.05, 0.1) is 5.52 Å². The molecule has 0 spiro atoms. The molecule has 0 aliphatic carbocycles. The molecule has 27 heavy (non-hydrogen) atoms. The maximum absolute atomic E-state index is 12.7. The van der Waals surface area contributed by atoms with E-state index in [1.54, 1.807) is 53.1 Å². The van der Waals surface area contributed by atoms with Crippen molar-refractivity contribution in [3.05, 3.63) is 65.7 Å². The molecule has 0 radical (unpaired) electrons. The number of ketones is 1. The molecule has 0 saturated heterocycles. The van der Waals surface area contributed by atoms with E-state index in [9.17, 15) is 14.4 Å². The molecule has 0 bridgehead atoms. The summed E-state index contributed by atoms with van der Waals surface area (Å²) in [5.74, 6) is -0.681. The molecule has 3 rings (SSSR count). The standard InChI is InChI=1S/C20H20N4O3/c1-12(2)21-20(27)18-23-17(16-6-4-5-11-24(16)18)19(26)22-15-9-7-14(8-10-15)13(3)25/h4-12H,1-3H3,(H,21,27)(H,22,26). The van der Waals surface area contributed by atoms with Crippen LogP contribution in [0.5, 0.6) is 0 Å². The first-order valence-corrected chi connectivity index (χ1v) is 8.57. The molecule has 2 aromatic heterocycles. The van der Waals surface area contributed by atoms with Crippen LogP contribution in [0.3, 0.4) is 0 Å². The van der Waals surface area contributed by atoms with E-state index in [-0.39, 0.29) is 29.3 Å². The molecule has 0 unspecified atom stereocenters. The molecule has 0 aliphatic rings. The van der Waals surface area contributed by atoms with Gasteiger partial charge in [-0.2, -0.15) is 0 Å². The second-order valence-corrected chi connectivity index (χ2v) is 6.46. The van der Waals surface area contributed by atoms with Gasteiger partial charge in [0.15, 0.2) is 11.5 Å². The first kappa shape index (κ1) is 18.3. The summed E-state index contributed by atoms with van der Waals surface area (Å²) in [4.78, 5) is 40.7. The number of hydrogen-bond donors (Lipinski definition) is 2. The van der Waals surface area contributed by atoms with Crippen molar-refractivity contribution in [3.63, 3.8) is 0 Å². The number of rotatable bonds is 5. The molecule has 0 atom stereocenters. The molecule has 2 N–H and O–H groups in total. The normalized spacial score (nSPS) is 10.8. The number of carbonyl (C=O) groups is 3. The lowest BCUT2D eigenvalue weighted by atomic mass is 10.1. The Labute approximate surface area is 156 Å². The van der Waals surface area contributed by atoms with Crippen molar-refractivity contribution in [3.8, 4) is 0 Å². The second-order valence-electron chi connectivity index (χ2n) is 6.46. The van der Waals surface area contributed by atoms with Gasteiger partial charge in [-0.15, -0.1) is 0 Å². The zero-order chi connectivity index (χ0) is 19.6. The number of anilines is 1. The predicted octanol–water partition coefficient (Wildman–Crippen LogP) is 2.93. The Bertz CT molecular complexity index is 1020. The van der Waals surface area contributed by atoms with E-state index < -0.39 is 5.91 Å².